The molecule has 0 saturated carbocycles. The second-order valence-electron chi connectivity index (χ2n) is 9.96. The summed E-state index contributed by atoms with van der Waals surface area (Å²) in [7, 11) is 1.76. The number of aryl methyl sites for hydroxylation is 1. The number of amides is 1. The molecular weight excluding hydrogens is 370 g/mol. The number of hydrogen-bond donors (Lipinski definition) is 0. The topological polar surface area (TPSA) is 72.6 Å². The minimum Gasteiger partial charge on any atom is -0.444 e. The van der Waals surface area contributed by atoms with E-state index < -0.39 is 5.60 Å². The summed E-state index contributed by atoms with van der Waals surface area (Å²) in [5.41, 5.74) is 0.991. The van der Waals surface area contributed by atoms with Gasteiger partial charge in [-0.25, -0.2) is 14.6 Å². The molecule has 1 amide bonds. The maximum absolute atomic E-state index is 12.7. The van der Waals surface area contributed by atoms with E-state index in [1.165, 1.54) is 0 Å². The minimum atomic E-state index is -0.494. The average molecular weight is 404 g/mol. The number of ether oxygens (including phenoxy) is 1. The molecule has 1 saturated heterocycles. The van der Waals surface area contributed by atoms with Crippen molar-refractivity contribution >= 4 is 23.1 Å². The maximum Gasteiger partial charge on any atom is 0.410 e. The predicted octanol–water partition coefficient (Wildman–Crippen LogP) is 2.84. The second-order valence-corrected chi connectivity index (χ2v) is 9.96. The van der Waals surface area contributed by atoms with Gasteiger partial charge in [-0.1, -0.05) is 20.8 Å². The van der Waals surface area contributed by atoms with E-state index in [-0.39, 0.29) is 17.2 Å². The number of hydrogen-bond acceptors (Lipinski definition) is 5. The molecule has 3 heterocycles. The Morgan fingerprint density at radius 1 is 1.07 bits per heavy atom. The first-order valence-corrected chi connectivity index (χ1v) is 10.1. The fourth-order valence-corrected chi connectivity index (χ4v) is 3.51. The van der Waals surface area contributed by atoms with Crippen LogP contribution in [0.3, 0.4) is 0 Å². The van der Waals surface area contributed by atoms with E-state index in [1.54, 1.807) is 21.1 Å². The monoisotopic (exact) mass is 403 g/mol. The van der Waals surface area contributed by atoms with Gasteiger partial charge in [0.15, 0.2) is 5.65 Å². The number of carbonyl (C=O) groups excluding carboxylic acids is 1. The zero-order chi connectivity index (χ0) is 21.6. The summed E-state index contributed by atoms with van der Waals surface area (Å²) in [6.45, 7) is 15.1. The number of aromatic nitrogens is 3. The van der Waals surface area contributed by atoms with Gasteiger partial charge in [-0.05, 0) is 38.3 Å². The third kappa shape index (κ3) is 4.74. The normalized spacial score (nSPS) is 15.8. The van der Waals surface area contributed by atoms with Gasteiger partial charge in [-0.15, -0.1) is 0 Å². The van der Waals surface area contributed by atoms with E-state index in [0.717, 1.165) is 11.3 Å². The van der Waals surface area contributed by atoms with Gasteiger partial charge in [0.2, 0.25) is 0 Å². The lowest BCUT2D eigenvalue weighted by Gasteiger charge is -2.36. The molecule has 160 valence electrons. The van der Waals surface area contributed by atoms with E-state index in [4.69, 9.17) is 9.72 Å². The molecular formula is C21H33N5O3. The molecule has 2 aromatic heterocycles. The Hall–Kier alpha value is -2.51. The van der Waals surface area contributed by atoms with Crippen molar-refractivity contribution in [2.45, 2.75) is 53.7 Å². The van der Waals surface area contributed by atoms with Gasteiger partial charge in [0, 0.05) is 39.8 Å². The predicted molar refractivity (Wildman–Crippen MR) is 114 cm³/mol. The number of pyridine rings is 1. The van der Waals surface area contributed by atoms with Gasteiger partial charge < -0.3 is 14.5 Å². The molecule has 0 aliphatic carbocycles. The molecule has 1 aliphatic heterocycles. The van der Waals surface area contributed by atoms with Crippen LogP contribution in [-0.4, -0.2) is 56.9 Å². The molecule has 0 aromatic carbocycles. The molecule has 2 aromatic rings. The summed E-state index contributed by atoms with van der Waals surface area (Å²) in [6.07, 6.45) is -0.276. The van der Waals surface area contributed by atoms with E-state index in [0.29, 0.717) is 38.4 Å². The quantitative estimate of drug-likeness (QED) is 0.771. The first kappa shape index (κ1) is 21.2. The highest BCUT2D eigenvalue weighted by atomic mass is 16.6. The van der Waals surface area contributed by atoms with E-state index in [1.807, 2.05) is 32.9 Å². The maximum atomic E-state index is 12.7. The Morgan fingerprint density at radius 3 is 2.24 bits per heavy atom. The van der Waals surface area contributed by atoms with Gasteiger partial charge in [-0.3, -0.25) is 9.13 Å². The number of imidazole rings is 1. The molecule has 0 N–H and O–H groups in total. The Morgan fingerprint density at radius 2 is 1.69 bits per heavy atom. The SMILES string of the molecule is Cn1c(=O)n(CC(C)(C)C)c2ccc(N3CCN(C(=O)OC(C)(C)C)CC3)nc21. The molecule has 3 rings (SSSR count). The summed E-state index contributed by atoms with van der Waals surface area (Å²) in [4.78, 5) is 33.6. The molecule has 1 fully saturated rings. The first-order chi connectivity index (χ1) is 13.4. The molecule has 0 bridgehead atoms. The van der Waals surface area contributed by atoms with Crippen LogP contribution in [0.2, 0.25) is 0 Å². The van der Waals surface area contributed by atoms with Crippen molar-refractivity contribution in [3.63, 3.8) is 0 Å². The van der Waals surface area contributed by atoms with Gasteiger partial charge in [-0.2, -0.15) is 0 Å². The molecule has 0 radical (unpaired) electrons. The highest BCUT2D eigenvalue weighted by Crippen LogP contribution is 2.22. The van der Waals surface area contributed by atoms with Crippen molar-refractivity contribution in [2.75, 3.05) is 31.1 Å². The van der Waals surface area contributed by atoms with Crippen LogP contribution >= 0.6 is 0 Å². The lowest BCUT2D eigenvalue weighted by Crippen LogP contribution is -2.50. The van der Waals surface area contributed by atoms with Crippen LogP contribution in [0.5, 0.6) is 0 Å². The largest absolute Gasteiger partial charge is 0.444 e. The van der Waals surface area contributed by atoms with Crippen molar-refractivity contribution in [3.8, 4) is 0 Å². The first-order valence-electron chi connectivity index (χ1n) is 10.1. The van der Waals surface area contributed by atoms with E-state index in [9.17, 15) is 9.59 Å². The highest BCUT2D eigenvalue weighted by molar-refractivity contribution is 5.74. The van der Waals surface area contributed by atoms with Crippen LogP contribution in [0, 0.1) is 5.41 Å². The highest BCUT2D eigenvalue weighted by Gasteiger charge is 2.27. The summed E-state index contributed by atoms with van der Waals surface area (Å²) in [6, 6.07) is 3.94. The summed E-state index contributed by atoms with van der Waals surface area (Å²) >= 11 is 0. The van der Waals surface area contributed by atoms with Crippen LogP contribution in [0.1, 0.15) is 41.5 Å². The lowest BCUT2D eigenvalue weighted by atomic mass is 9.97. The third-order valence-corrected chi connectivity index (χ3v) is 4.85. The zero-order valence-electron chi connectivity index (χ0n) is 18.7. The molecule has 0 unspecified atom stereocenters. The number of piperazine rings is 1. The van der Waals surface area contributed by atoms with Crippen molar-refractivity contribution in [2.24, 2.45) is 12.5 Å². The van der Waals surface area contributed by atoms with Crippen molar-refractivity contribution in [1.82, 2.24) is 19.0 Å². The molecule has 8 nitrogen and oxygen atoms in total. The van der Waals surface area contributed by atoms with Crippen molar-refractivity contribution in [3.05, 3.63) is 22.6 Å². The lowest BCUT2D eigenvalue weighted by molar-refractivity contribution is 0.0240. The van der Waals surface area contributed by atoms with Gasteiger partial charge in [0.25, 0.3) is 0 Å². The van der Waals surface area contributed by atoms with Gasteiger partial charge >= 0.3 is 11.8 Å². The van der Waals surface area contributed by atoms with Crippen molar-refractivity contribution < 1.29 is 9.53 Å². The number of anilines is 1. The molecule has 0 atom stereocenters. The number of rotatable bonds is 2. The molecule has 29 heavy (non-hydrogen) atoms. The fourth-order valence-electron chi connectivity index (χ4n) is 3.51. The Bertz CT molecular complexity index is 954. The van der Waals surface area contributed by atoms with Crippen LogP contribution in [0.25, 0.3) is 11.2 Å². The Labute approximate surface area is 172 Å². The van der Waals surface area contributed by atoms with Gasteiger partial charge in [0.1, 0.15) is 11.4 Å². The summed E-state index contributed by atoms with van der Waals surface area (Å²) < 4.78 is 8.87. The average Bonchev–Trinajstić information content (AvgIpc) is 2.84. The number of carbonyl (C=O) groups is 1. The standard InChI is InChI=1S/C21H33N5O3/c1-20(2,3)14-26-15-8-9-16(22-17(15)23(7)18(26)27)24-10-12-25(13-11-24)19(28)29-21(4,5)6/h8-9H,10-14H2,1-7H3. The Balaban J connectivity index is 1.78. The summed E-state index contributed by atoms with van der Waals surface area (Å²) in [5, 5.41) is 0. The van der Waals surface area contributed by atoms with Crippen LogP contribution in [0.4, 0.5) is 10.6 Å². The van der Waals surface area contributed by atoms with E-state index >= 15 is 0 Å². The van der Waals surface area contributed by atoms with Gasteiger partial charge in [0.05, 0.1) is 5.52 Å². The number of fused-ring (bicyclic) bond motifs is 1. The van der Waals surface area contributed by atoms with Crippen LogP contribution in [0.15, 0.2) is 16.9 Å². The molecule has 8 heteroatoms. The molecule has 0 spiro atoms. The zero-order valence-corrected chi connectivity index (χ0v) is 18.7. The second kappa shape index (κ2) is 7.39. The molecule has 1 aliphatic rings. The third-order valence-electron chi connectivity index (χ3n) is 4.85. The number of nitrogens with zero attached hydrogens (tertiary/aromatic N) is 5. The van der Waals surface area contributed by atoms with Crippen LogP contribution < -0.4 is 10.6 Å². The van der Waals surface area contributed by atoms with Crippen molar-refractivity contribution in [1.29, 1.82) is 0 Å². The summed E-state index contributed by atoms with van der Waals surface area (Å²) in [5.74, 6) is 0.824. The Kier molecular flexibility index (Phi) is 5.40. The van der Waals surface area contributed by atoms with E-state index in [2.05, 4.69) is 25.7 Å². The minimum absolute atomic E-state index is 0.00519. The van der Waals surface area contributed by atoms with Crippen LogP contribution in [-0.2, 0) is 18.3 Å². The fraction of sp³-hybridized carbons (Fsp3) is 0.667. The smallest absolute Gasteiger partial charge is 0.410 e.